The summed E-state index contributed by atoms with van der Waals surface area (Å²) in [5, 5.41) is 0. The topological polar surface area (TPSA) is 22.4 Å². The summed E-state index contributed by atoms with van der Waals surface area (Å²) in [4.78, 5) is 0. The first-order chi connectivity index (χ1) is 32.7. The Balaban J connectivity index is 0.000000787. The zero-order valence-corrected chi connectivity index (χ0v) is 47.4. The lowest BCUT2D eigenvalue weighted by molar-refractivity contribution is 0.365. The van der Waals surface area contributed by atoms with E-state index in [-0.39, 0.29) is 0 Å². The molecular formula is C67H102O2. The summed E-state index contributed by atoms with van der Waals surface area (Å²) >= 11 is 0. The molecule has 2 heteroatoms. The lowest BCUT2D eigenvalue weighted by Crippen LogP contribution is -2.04. The van der Waals surface area contributed by atoms with E-state index < -0.39 is 0 Å². The van der Waals surface area contributed by atoms with Crippen molar-refractivity contribution in [1.29, 1.82) is 0 Å². The highest BCUT2D eigenvalue weighted by molar-refractivity contribution is 5.29. The van der Waals surface area contributed by atoms with Gasteiger partial charge in [-0.25, -0.2) is 0 Å². The number of methoxy groups -OCH3 is 1. The van der Waals surface area contributed by atoms with E-state index in [4.69, 9.17) is 9.15 Å². The van der Waals surface area contributed by atoms with Crippen molar-refractivity contribution in [3.05, 3.63) is 197 Å². The molecule has 0 bridgehead atoms. The molecule has 0 atom stereocenters. The van der Waals surface area contributed by atoms with Crippen LogP contribution in [-0.4, -0.2) is 7.11 Å². The normalized spacial score (nSPS) is 10.6. The largest absolute Gasteiger partial charge is 0.497 e. The lowest BCUT2D eigenvalue weighted by Gasteiger charge is -2.17. The molecule has 0 amide bonds. The second kappa shape index (κ2) is 39.0. The molecule has 0 radical (unpaired) electrons. The molecular weight excluding hydrogens is 837 g/mol. The van der Waals surface area contributed by atoms with Crippen molar-refractivity contribution in [3.8, 4) is 5.75 Å². The smallest absolute Gasteiger partial charge is 0.118 e. The monoisotopic (exact) mass is 939 g/mol. The molecule has 0 aliphatic carbocycles. The van der Waals surface area contributed by atoms with Crippen LogP contribution in [0.2, 0.25) is 0 Å². The van der Waals surface area contributed by atoms with Gasteiger partial charge in [0.05, 0.1) is 13.4 Å². The minimum Gasteiger partial charge on any atom is -0.497 e. The Bertz CT molecular complexity index is 1960. The number of ether oxygens (including phenoxy) is 1. The molecule has 2 nitrogen and oxygen atoms in total. The van der Waals surface area contributed by atoms with E-state index in [1.165, 1.54) is 78.3 Å². The van der Waals surface area contributed by atoms with E-state index in [9.17, 15) is 0 Å². The summed E-state index contributed by atoms with van der Waals surface area (Å²) in [6.07, 6.45) is 11.9. The molecule has 0 unspecified atom stereocenters. The van der Waals surface area contributed by atoms with Crippen molar-refractivity contribution in [1.82, 2.24) is 0 Å². The number of aryl methyl sites for hydroxylation is 2. The van der Waals surface area contributed by atoms with E-state index in [2.05, 4.69) is 239 Å². The predicted octanol–water partition coefficient (Wildman–Crippen LogP) is 21.0. The van der Waals surface area contributed by atoms with Gasteiger partial charge in [0.15, 0.2) is 0 Å². The van der Waals surface area contributed by atoms with Gasteiger partial charge in [-0.15, -0.1) is 0 Å². The first kappa shape index (κ1) is 64.2. The zero-order chi connectivity index (χ0) is 52.0. The Kier molecular flexibility index (Phi) is 36.2. The van der Waals surface area contributed by atoms with Gasteiger partial charge in [0.25, 0.3) is 0 Å². The molecule has 1 aromatic heterocycles. The highest BCUT2D eigenvalue weighted by Gasteiger charge is 2.09. The third-order valence-electron chi connectivity index (χ3n) is 11.0. The molecule has 382 valence electrons. The third kappa shape index (κ3) is 37.7. The Hall–Kier alpha value is -4.82. The zero-order valence-electron chi connectivity index (χ0n) is 47.4. The second-order valence-electron chi connectivity index (χ2n) is 21.8. The fourth-order valence-electron chi connectivity index (χ4n) is 6.77. The Morgan fingerprint density at radius 3 is 1.25 bits per heavy atom. The highest BCUT2D eigenvalue weighted by Crippen LogP contribution is 2.22. The molecule has 0 fully saturated rings. The van der Waals surface area contributed by atoms with Gasteiger partial charge < -0.3 is 9.15 Å². The summed E-state index contributed by atoms with van der Waals surface area (Å²) in [6.45, 7) is 37.9. The Morgan fingerprint density at radius 2 is 0.899 bits per heavy atom. The fraction of sp³-hybridized carbons (Fsp3) is 0.493. The van der Waals surface area contributed by atoms with Crippen LogP contribution in [0.15, 0.2) is 162 Å². The molecule has 6 aromatic rings. The highest BCUT2D eigenvalue weighted by atomic mass is 16.5. The van der Waals surface area contributed by atoms with Crippen molar-refractivity contribution in [2.45, 2.75) is 187 Å². The molecule has 0 saturated heterocycles. The van der Waals surface area contributed by atoms with Gasteiger partial charge in [0.2, 0.25) is 0 Å². The number of hydrogen-bond donors (Lipinski definition) is 0. The van der Waals surface area contributed by atoms with Gasteiger partial charge in [0, 0.05) is 6.42 Å². The number of benzene rings is 5. The van der Waals surface area contributed by atoms with Crippen LogP contribution in [0.25, 0.3) is 0 Å². The number of furan rings is 1. The molecule has 6 rings (SSSR count). The van der Waals surface area contributed by atoms with E-state index in [0.717, 1.165) is 29.8 Å². The Morgan fingerprint density at radius 1 is 0.464 bits per heavy atom. The average molecular weight is 940 g/mol. The van der Waals surface area contributed by atoms with Gasteiger partial charge >= 0.3 is 0 Å². The quantitative estimate of drug-likeness (QED) is 0.109. The summed E-state index contributed by atoms with van der Waals surface area (Å²) in [6, 6.07) is 52.7. The van der Waals surface area contributed by atoms with Crippen LogP contribution in [0.1, 0.15) is 200 Å². The van der Waals surface area contributed by atoms with Crippen molar-refractivity contribution < 1.29 is 9.15 Å². The summed E-state index contributed by atoms with van der Waals surface area (Å²) in [7, 11) is 1.68. The summed E-state index contributed by atoms with van der Waals surface area (Å²) < 4.78 is 10.2. The van der Waals surface area contributed by atoms with Gasteiger partial charge in [-0.1, -0.05) is 263 Å². The molecule has 1 heterocycles. The minimum absolute atomic E-state index is 0.481. The predicted molar refractivity (Wildman–Crippen MR) is 308 cm³/mol. The molecule has 0 aliphatic rings. The maximum Gasteiger partial charge on any atom is 0.118 e. The Labute approximate surface area is 427 Å². The van der Waals surface area contributed by atoms with Crippen LogP contribution in [-0.2, 0) is 19.3 Å². The third-order valence-corrected chi connectivity index (χ3v) is 11.0. The van der Waals surface area contributed by atoms with Gasteiger partial charge in [-0.3, -0.25) is 0 Å². The van der Waals surface area contributed by atoms with E-state index in [0.29, 0.717) is 29.1 Å². The van der Waals surface area contributed by atoms with Crippen LogP contribution in [0, 0.1) is 30.1 Å². The fourth-order valence-corrected chi connectivity index (χ4v) is 6.77. The van der Waals surface area contributed by atoms with Crippen LogP contribution in [0.4, 0.5) is 0 Å². The molecule has 0 spiro atoms. The van der Waals surface area contributed by atoms with E-state index in [1.807, 2.05) is 30.3 Å². The van der Waals surface area contributed by atoms with Crippen LogP contribution >= 0.6 is 0 Å². The van der Waals surface area contributed by atoms with Gasteiger partial charge in [0.1, 0.15) is 11.5 Å². The number of unbranched alkanes of at least 4 members (excludes halogenated alkanes) is 1. The van der Waals surface area contributed by atoms with Crippen LogP contribution in [0.3, 0.4) is 0 Å². The van der Waals surface area contributed by atoms with Gasteiger partial charge in [-0.05, 0) is 126 Å². The standard InChI is InChI=1S/C13H20.C10H14O.2C10H14.C9H12.C8H12O.C7H16/c1-13(2,3)11-7-10-12-8-5-4-6-9-12;1-8(2)9-4-6-10(11-3)7-5-9;1-8(2)10-6-4-9(3)5-7-10;1-9(2)8-10-6-4-3-5-7-10;1-8(2)9-6-4-3-5-7-9;1-7(2)6-8-4-3-5-9-8;1-4-5-6-7(2)3/h4-6,8-9H,7,10-11H2,1-3H3;4-8H,1-3H3;4-8H,1-3H3;3-7,9H,8H2,1-2H3;3-8H,1-2H3;3-5,7H,6H2,1-2H3;7H,4-6H2,1-3H3. The van der Waals surface area contributed by atoms with Crippen molar-refractivity contribution >= 4 is 0 Å². The van der Waals surface area contributed by atoms with Gasteiger partial charge in [-0.2, -0.15) is 0 Å². The maximum absolute atomic E-state index is 5.14. The van der Waals surface area contributed by atoms with Crippen molar-refractivity contribution in [2.24, 2.45) is 23.2 Å². The number of rotatable bonds is 14. The summed E-state index contributed by atoms with van der Waals surface area (Å²) in [5.41, 5.74) is 8.91. The lowest BCUT2D eigenvalue weighted by atomic mass is 9.89. The van der Waals surface area contributed by atoms with Crippen molar-refractivity contribution in [3.63, 3.8) is 0 Å². The average Bonchev–Trinajstić information content (AvgIpc) is 3.83. The molecule has 0 aliphatic heterocycles. The SMILES string of the molecule is CC(C)(C)CCCc1ccccc1.CC(C)Cc1ccccc1.CC(C)Cc1ccco1.CC(C)c1ccccc1.CCCCC(C)C.COc1ccc(C(C)C)cc1.Cc1ccc(C(C)C)cc1. The summed E-state index contributed by atoms with van der Waals surface area (Å²) in [5.74, 6) is 6.28. The first-order valence-electron chi connectivity index (χ1n) is 26.5. The molecule has 0 N–H and O–H groups in total. The second-order valence-corrected chi connectivity index (χ2v) is 21.8. The molecule has 5 aromatic carbocycles. The van der Waals surface area contributed by atoms with Crippen molar-refractivity contribution in [2.75, 3.05) is 7.11 Å². The van der Waals surface area contributed by atoms with E-state index in [1.54, 1.807) is 13.4 Å². The van der Waals surface area contributed by atoms with Crippen LogP contribution in [0.5, 0.6) is 5.75 Å². The maximum atomic E-state index is 5.14. The molecule has 0 saturated carbocycles. The van der Waals surface area contributed by atoms with E-state index >= 15 is 0 Å². The number of hydrogen-bond acceptors (Lipinski definition) is 2. The minimum atomic E-state index is 0.481. The first-order valence-corrected chi connectivity index (χ1v) is 26.5. The molecule has 69 heavy (non-hydrogen) atoms. The van der Waals surface area contributed by atoms with Crippen LogP contribution < -0.4 is 4.74 Å².